The second-order valence-corrected chi connectivity index (χ2v) is 9.04. The summed E-state index contributed by atoms with van der Waals surface area (Å²) in [5.74, 6) is -1.20. The second kappa shape index (κ2) is 6.56. The summed E-state index contributed by atoms with van der Waals surface area (Å²) >= 11 is 1.43. The molecule has 120 valence electrons. The standard InChI is InChI=1S/C13H21NO5S2/c1-2-5-11-14(9(8-20-11)13(16)17)12(15)10-6-3-4-7-21(10,18)19/h9-11H,2-8H2,1H3,(H,16,17). The topological polar surface area (TPSA) is 91.8 Å². The molecule has 8 heteroatoms. The van der Waals surface area contributed by atoms with E-state index in [0.717, 1.165) is 6.42 Å². The third-order valence-electron chi connectivity index (χ3n) is 4.02. The number of sulfone groups is 1. The zero-order valence-electron chi connectivity index (χ0n) is 12.0. The predicted octanol–water partition coefficient (Wildman–Crippen LogP) is 1.11. The zero-order valence-corrected chi connectivity index (χ0v) is 13.7. The zero-order chi connectivity index (χ0) is 15.6. The van der Waals surface area contributed by atoms with Crippen molar-refractivity contribution in [1.29, 1.82) is 0 Å². The van der Waals surface area contributed by atoms with Gasteiger partial charge >= 0.3 is 5.97 Å². The number of carbonyl (C=O) groups is 2. The molecule has 3 unspecified atom stereocenters. The molecule has 0 aromatic rings. The van der Waals surface area contributed by atoms with E-state index in [1.807, 2.05) is 6.92 Å². The molecular formula is C13H21NO5S2. The van der Waals surface area contributed by atoms with Crippen molar-refractivity contribution in [3.63, 3.8) is 0 Å². The van der Waals surface area contributed by atoms with Gasteiger partial charge in [-0.15, -0.1) is 11.8 Å². The van der Waals surface area contributed by atoms with E-state index in [1.54, 1.807) is 0 Å². The molecule has 0 aliphatic carbocycles. The van der Waals surface area contributed by atoms with Crippen LogP contribution in [0.4, 0.5) is 0 Å². The lowest BCUT2D eigenvalue weighted by molar-refractivity contribution is -0.149. The summed E-state index contributed by atoms with van der Waals surface area (Å²) in [7, 11) is -3.44. The molecule has 0 saturated carbocycles. The van der Waals surface area contributed by atoms with Gasteiger partial charge in [0.05, 0.1) is 11.1 Å². The quantitative estimate of drug-likeness (QED) is 0.827. The van der Waals surface area contributed by atoms with Crippen LogP contribution in [0, 0.1) is 0 Å². The molecule has 6 nitrogen and oxygen atoms in total. The Balaban J connectivity index is 2.26. The molecule has 0 aromatic carbocycles. The van der Waals surface area contributed by atoms with E-state index in [4.69, 9.17) is 0 Å². The van der Waals surface area contributed by atoms with E-state index in [2.05, 4.69) is 0 Å². The highest BCUT2D eigenvalue weighted by molar-refractivity contribution is 8.00. The van der Waals surface area contributed by atoms with E-state index in [-0.39, 0.29) is 11.1 Å². The first-order chi connectivity index (χ1) is 9.88. The number of thioether (sulfide) groups is 1. The van der Waals surface area contributed by atoms with Crippen LogP contribution in [0.15, 0.2) is 0 Å². The molecule has 1 N–H and O–H groups in total. The average Bonchev–Trinajstić information content (AvgIpc) is 2.82. The smallest absolute Gasteiger partial charge is 0.327 e. The highest BCUT2D eigenvalue weighted by Crippen LogP contribution is 2.35. The summed E-state index contributed by atoms with van der Waals surface area (Å²) in [6.07, 6.45) is 3.11. The van der Waals surface area contributed by atoms with Crippen LogP contribution in [0.5, 0.6) is 0 Å². The first kappa shape index (κ1) is 16.6. The molecule has 2 fully saturated rings. The average molecular weight is 335 g/mol. The van der Waals surface area contributed by atoms with E-state index < -0.39 is 33.0 Å². The van der Waals surface area contributed by atoms with Crippen LogP contribution >= 0.6 is 11.8 Å². The molecule has 0 bridgehead atoms. The third-order valence-corrected chi connectivity index (χ3v) is 7.54. The van der Waals surface area contributed by atoms with Gasteiger partial charge in [0.1, 0.15) is 11.3 Å². The maximum Gasteiger partial charge on any atom is 0.327 e. The van der Waals surface area contributed by atoms with E-state index in [0.29, 0.717) is 31.4 Å². The monoisotopic (exact) mass is 335 g/mol. The largest absolute Gasteiger partial charge is 0.480 e. The Morgan fingerprint density at radius 3 is 2.62 bits per heavy atom. The Hall–Kier alpha value is -0.760. The first-order valence-corrected chi connectivity index (χ1v) is 10.0. The number of nitrogens with zero attached hydrogens (tertiary/aromatic N) is 1. The van der Waals surface area contributed by atoms with Gasteiger partial charge < -0.3 is 10.0 Å². The van der Waals surface area contributed by atoms with Gasteiger partial charge in [-0.25, -0.2) is 13.2 Å². The number of hydrogen-bond donors (Lipinski definition) is 1. The summed E-state index contributed by atoms with van der Waals surface area (Å²) in [6.45, 7) is 1.97. The van der Waals surface area contributed by atoms with E-state index in [1.165, 1.54) is 16.7 Å². The molecule has 2 rings (SSSR count). The van der Waals surface area contributed by atoms with Crippen molar-refractivity contribution in [2.75, 3.05) is 11.5 Å². The van der Waals surface area contributed by atoms with Crippen LogP contribution in [0.25, 0.3) is 0 Å². The minimum Gasteiger partial charge on any atom is -0.480 e. The molecule has 3 atom stereocenters. The molecule has 2 aliphatic rings. The molecular weight excluding hydrogens is 314 g/mol. The number of hydrogen-bond acceptors (Lipinski definition) is 5. The molecule has 2 heterocycles. The van der Waals surface area contributed by atoms with Crippen LogP contribution in [0.1, 0.15) is 39.0 Å². The molecule has 1 amide bonds. The highest BCUT2D eigenvalue weighted by Gasteiger charge is 2.46. The lowest BCUT2D eigenvalue weighted by atomic mass is 10.1. The summed E-state index contributed by atoms with van der Waals surface area (Å²) in [5.41, 5.74) is 0. The second-order valence-electron chi connectivity index (χ2n) is 5.53. The van der Waals surface area contributed by atoms with Gasteiger partial charge in [-0.1, -0.05) is 19.8 Å². The predicted molar refractivity (Wildman–Crippen MR) is 80.8 cm³/mol. The summed E-state index contributed by atoms with van der Waals surface area (Å²) in [4.78, 5) is 25.4. The van der Waals surface area contributed by atoms with Crippen LogP contribution in [0.3, 0.4) is 0 Å². The Morgan fingerprint density at radius 1 is 1.33 bits per heavy atom. The Labute approximate surface area is 129 Å². The van der Waals surface area contributed by atoms with Crippen molar-refractivity contribution < 1.29 is 23.1 Å². The third kappa shape index (κ3) is 3.36. The fourth-order valence-corrected chi connectivity index (χ4v) is 6.28. The molecule has 2 aliphatic heterocycles. The summed E-state index contributed by atoms with van der Waals surface area (Å²) < 4.78 is 24.2. The van der Waals surface area contributed by atoms with Gasteiger partial charge in [-0.2, -0.15) is 0 Å². The van der Waals surface area contributed by atoms with Crippen LogP contribution in [0.2, 0.25) is 0 Å². The summed E-state index contributed by atoms with van der Waals surface area (Å²) in [6, 6.07) is -0.906. The maximum absolute atomic E-state index is 12.7. The lowest BCUT2D eigenvalue weighted by Crippen LogP contribution is -2.52. The minimum atomic E-state index is -3.44. The normalized spacial score (nSPS) is 32.0. The van der Waals surface area contributed by atoms with E-state index in [9.17, 15) is 23.1 Å². The number of carboxylic acids is 1. The van der Waals surface area contributed by atoms with Crippen molar-refractivity contribution in [3.05, 3.63) is 0 Å². The van der Waals surface area contributed by atoms with Gasteiger partial charge in [-0.3, -0.25) is 4.79 Å². The highest BCUT2D eigenvalue weighted by atomic mass is 32.2. The van der Waals surface area contributed by atoms with Crippen molar-refractivity contribution >= 4 is 33.5 Å². The molecule has 0 radical (unpaired) electrons. The van der Waals surface area contributed by atoms with Gasteiger partial charge in [0.15, 0.2) is 9.84 Å². The van der Waals surface area contributed by atoms with Gasteiger partial charge in [0, 0.05) is 5.75 Å². The lowest BCUT2D eigenvalue weighted by Gasteiger charge is -2.32. The van der Waals surface area contributed by atoms with Crippen LogP contribution < -0.4 is 0 Å². The molecule has 2 saturated heterocycles. The SMILES string of the molecule is CCCC1SCC(C(=O)O)N1C(=O)C1CCCCS1(=O)=O. The maximum atomic E-state index is 12.7. The fourth-order valence-electron chi connectivity index (χ4n) is 2.92. The summed E-state index contributed by atoms with van der Waals surface area (Å²) in [5, 5.41) is 8.02. The fraction of sp³-hybridized carbons (Fsp3) is 0.846. The van der Waals surface area contributed by atoms with Crippen molar-refractivity contribution in [2.45, 2.75) is 55.7 Å². The van der Waals surface area contributed by atoms with Crippen LogP contribution in [-0.4, -0.2) is 58.5 Å². The first-order valence-electron chi connectivity index (χ1n) is 7.26. The number of carbonyl (C=O) groups excluding carboxylic acids is 1. The molecule has 21 heavy (non-hydrogen) atoms. The van der Waals surface area contributed by atoms with Gasteiger partial charge in [0.25, 0.3) is 0 Å². The Morgan fingerprint density at radius 2 is 2.05 bits per heavy atom. The number of amides is 1. The van der Waals surface area contributed by atoms with Crippen LogP contribution in [-0.2, 0) is 19.4 Å². The Bertz CT molecular complexity index is 519. The van der Waals surface area contributed by atoms with Crippen molar-refractivity contribution in [1.82, 2.24) is 4.90 Å². The van der Waals surface area contributed by atoms with E-state index >= 15 is 0 Å². The van der Waals surface area contributed by atoms with Crippen molar-refractivity contribution in [3.8, 4) is 0 Å². The van der Waals surface area contributed by atoms with Gasteiger partial charge in [0.2, 0.25) is 5.91 Å². The Kier molecular flexibility index (Phi) is 5.19. The number of rotatable bonds is 4. The molecule has 0 spiro atoms. The van der Waals surface area contributed by atoms with Crippen molar-refractivity contribution in [2.24, 2.45) is 0 Å². The van der Waals surface area contributed by atoms with Gasteiger partial charge in [-0.05, 0) is 19.3 Å². The number of carboxylic acid groups (broad SMARTS) is 1. The number of aliphatic carboxylic acids is 1. The minimum absolute atomic E-state index is 0.0283. The molecule has 0 aromatic heterocycles.